The highest BCUT2D eigenvalue weighted by molar-refractivity contribution is 5.99. The Morgan fingerprint density at radius 2 is 2.20 bits per heavy atom. The number of para-hydroxylation sites is 1. The van der Waals surface area contributed by atoms with Crippen LogP contribution in [0.3, 0.4) is 0 Å². The minimum absolute atomic E-state index is 0.217. The average Bonchev–Trinajstić information content (AvgIpc) is 2.45. The number of hydrogen-bond acceptors (Lipinski definition) is 4. The van der Waals surface area contributed by atoms with E-state index in [1.807, 2.05) is 31.2 Å². The van der Waals surface area contributed by atoms with Crippen LogP contribution in [0.4, 0.5) is 5.69 Å². The van der Waals surface area contributed by atoms with Gasteiger partial charge >= 0.3 is 0 Å². The molecule has 3 N–H and O–H groups in total. The van der Waals surface area contributed by atoms with E-state index < -0.39 is 0 Å². The summed E-state index contributed by atoms with van der Waals surface area (Å²) >= 11 is 0. The van der Waals surface area contributed by atoms with Crippen LogP contribution in [0.15, 0.2) is 30.3 Å². The van der Waals surface area contributed by atoms with E-state index in [1.54, 1.807) is 13.2 Å². The fourth-order valence-electron chi connectivity index (χ4n) is 2.02. The number of nitrogens with two attached hydrogens (primary N) is 1. The van der Waals surface area contributed by atoms with Crippen molar-refractivity contribution in [3.63, 3.8) is 0 Å². The Kier molecular flexibility index (Phi) is 4.53. The van der Waals surface area contributed by atoms with Crippen molar-refractivity contribution >= 4 is 22.5 Å². The lowest BCUT2D eigenvalue weighted by molar-refractivity contribution is 0.0929. The van der Waals surface area contributed by atoms with Gasteiger partial charge in [-0.2, -0.15) is 0 Å². The van der Waals surface area contributed by atoms with Crippen LogP contribution < -0.4 is 11.1 Å². The highest BCUT2D eigenvalue weighted by Gasteiger charge is 2.11. The minimum Gasteiger partial charge on any atom is -0.398 e. The summed E-state index contributed by atoms with van der Waals surface area (Å²) in [6.45, 7) is 3.15. The summed E-state index contributed by atoms with van der Waals surface area (Å²) in [5.74, 6) is 0.0344. The number of rotatable bonds is 5. The van der Waals surface area contributed by atoms with Gasteiger partial charge in [0.2, 0.25) is 0 Å². The van der Waals surface area contributed by atoms with Crippen molar-refractivity contribution in [3.05, 3.63) is 36.0 Å². The molecule has 0 bridgehead atoms. The van der Waals surface area contributed by atoms with Gasteiger partial charge in [0.1, 0.15) is 5.69 Å². The van der Waals surface area contributed by atoms with E-state index in [2.05, 4.69) is 10.3 Å². The van der Waals surface area contributed by atoms with E-state index in [4.69, 9.17) is 10.5 Å². The van der Waals surface area contributed by atoms with Gasteiger partial charge in [-0.15, -0.1) is 0 Å². The summed E-state index contributed by atoms with van der Waals surface area (Å²) in [5, 5.41) is 3.70. The SMILES string of the molecule is COCC(C)CNC(=O)c1cc(N)c2ccccc2n1. The highest BCUT2D eigenvalue weighted by atomic mass is 16.5. The minimum atomic E-state index is -0.217. The number of amides is 1. The normalized spacial score (nSPS) is 12.3. The second kappa shape index (κ2) is 6.34. The molecule has 2 aromatic rings. The second-order valence-electron chi connectivity index (χ2n) is 4.88. The first-order chi connectivity index (χ1) is 9.61. The number of aromatic nitrogens is 1. The van der Waals surface area contributed by atoms with Crippen LogP contribution in [-0.4, -0.2) is 31.2 Å². The number of anilines is 1. The van der Waals surface area contributed by atoms with Crippen molar-refractivity contribution in [3.8, 4) is 0 Å². The van der Waals surface area contributed by atoms with Crippen molar-refractivity contribution in [1.82, 2.24) is 10.3 Å². The lowest BCUT2D eigenvalue weighted by Crippen LogP contribution is -2.30. The fourth-order valence-corrected chi connectivity index (χ4v) is 2.02. The molecule has 0 spiro atoms. The summed E-state index contributed by atoms with van der Waals surface area (Å²) in [7, 11) is 1.64. The molecule has 0 radical (unpaired) electrons. The molecule has 1 amide bonds. The predicted octanol–water partition coefficient (Wildman–Crippen LogP) is 1.83. The van der Waals surface area contributed by atoms with E-state index in [0.29, 0.717) is 24.5 Å². The fraction of sp³-hybridized carbons (Fsp3) is 0.333. The molecule has 0 aliphatic carbocycles. The Morgan fingerprint density at radius 1 is 1.45 bits per heavy atom. The summed E-state index contributed by atoms with van der Waals surface area (Å²) in [6.07, 6.45) is 0. The number of nitrogen functional groups attached to an aromatic ring is 1. The van der Waals surface area contributed by atoms with Crippen LogP contribution in [-0.2, 0) is 4.74 Å². The number of benzene rings is 1. The molecule has 1 unspecified atom stereocenters. The third-order valence-electron chi connectivity index (χ3n) is 3.04. The summed E-state index contributed by atoms with van der Waals surface area (Å²) in [6, 6.07) is 9.11. The summed E-state index contributed by atoms with van der Waals surface area (Å²) in [4.78, 5) is 16.4. The van der Waals surface area contributed by atoms with Crippen LogP contribution in [0.1, 0.15) is 17.4 Å². The van der Waals surface area contributed by atoms with Crippen molar-refractivity contribution in [2.75, 3.05) is 26.0 Å². The Balaban J connectivity index is 2.14. The average molecular weight is 273 g/mol. The Hall–Kier alpha value is -2.14. The molecule has 1 aromatic carbocycles. The number of hydrogen-bond donors (Lipinski definition) is 2. The molecule has 0 saturated heterocycles. The molecule has 1 atom stereocenters. The molecule has 0 saturated carbocycles. The van der Waals surface area contributed by atoms with Gasteiger partial charge in [-0.05, 0) is 18.1 Å². The van der Waals surface area contributed by atoms with Gasteiger partial charge in [0.15, 0.2) is 0 Å². The maximum Gasteiger partial charge on any atom is 0.269 e. The summed E-state index contributed by atoms with van der Waals surface area (Å²) < 4.78 is 5.03. The Labute approximate surface area is 118 Å². The van der Waals surface area contributed by atoms with Gasteiger partial charge in [-0.25, -0.2) is 4.98 Å². The van der Waals surface area contributed by atoms with Crippen LogP contribution in [0.5, 0.6) is 0 Å². The monoisotopic (exact) mass is 273 g/mol. The zero-order valence-electron chi connectivity index (χ0n) is 11.7. The van der Waals surface area contributed by atoms with Gasteiger partial charge in [-0.3, -0.25) is 4.79 Å². The maximum atomic E-state index is 12.1. The molecule has 106 valence electrons. The number of nitrogens with one attached hydrogen (secondary N) is 1. The van der Waals surface area contributed by atoms with E-state index >= 15 is 0 Å². The zero-order valence-corrected chi connectivity index (χ0v) is 11.7. The van der Waals surface area contributed by atoms with Crippen LogP contribution >= 0.6 is 0 Å². The third-order valence-corrected chi connectivity index (χ3v) is 3.04. The largest absolute Gasteiger partial charge is 0.398 e. The molecular weight excluding hydrogens is 254 g/mol. The summed E-state index contributed by atoms with van der Waals surface area (Å²) in [5.41, 5.74) is 7.58. The first-order valence-corrected chi connectivity index (χ1v) is 6.54. The van der Waals surface area contributed by atoms with Gasteiger partial charge in [0, 0.05) is 24.7 Å². The smallest absolute Gasteiger partial charge is 0.269 e. The first-order valence-electron chi connectivity index (χ1n) is 6.54. The van der Waals surface area contributed by atoms with Gasteiger partial charge in [0.05, 0.1) is 12.1 Å². The molecule has 5 nitrogen and oxygen atoms in total. The molecule has 20 heavy (non-hydrogen) atoms. The number of ether oxygens (including phenoxy) is 1. The highest BCUT2D eigenvalue weighted by Crippen LogP contribution is 2.19. The molecule has 0 aliphatic rings. The molecule has 0 aliphatic heterocycles. The van der Waals surface area contributed by atoms with E-state index in [0.717, 1.165) is 10.9 Å². The molecule has 5 heteroatoms. The third kappa shape index (κ3) is 3.24. The van der Waals surface area contributed by atoms with Crippen LogP contribution in [0.2, 0.25) is 0 Å². The topological polar surface area (TPSA) is 77.2 Å². The van der Waals surface area contributed by atoms with Crippen LogP contribution in [0.25, 0.3) is 10.9 Å². The maximum absolute atomic E-state index is 12.1. The van der Waals surface area contributed by atoms with Gasteiger partial charge in [-0.1, -0.05) is 25.1 Å². The molecular formula is C15H19N3O2. The zero-order chi connectivity index (χ0) is 14.5. The molecule has 1 aromatic heterocycles. The predicted molar refractivity (Wildman–Crippen MR) is 79.5 cm³/mol. The Bertz CT molecular complexity index is 613. The lowest BCUT2D eigenvalue weighted by atomic mass is 10.1. The molecule has 0 fully saturated rings. The second-order valence-corrected chi connectivity index (χ2v) is 4.88. The van der Waals surface area contributed by atoms with Gasteiger partial charge < -0.3 is 15.8 Å². The quantitative estimate of drug-likeness (QED) is 0.871. The number of fused-ring (bicyclic) bond motifs is 1. The van der Waals surface area contributed by atoms with E-state index in [9.17, 15) is 4.79 Å². The molecule has 2 rings (SSSR count). The van der Waals surface area contributed by atoms with E-state index in [-0.39, 0.29) is 11.8 Å². The van der Waals surface area contributed by atoms with Crippen molar-refractivity contribution in [2.45, 2.75) is 6.92 Å². The van der Waals surface area contributed by atoms with Crippen LogP contribution in [0, 0.1) is 5.92 Å². The standard InChI is InChI=1S/C15H19N3O2/c1-10(9-20-2)8-17-15(19)14-7-12(16)11-5-3-4-6-13(11)18-14/h3-7,10H,8-9H2,1-2H3,(H2,16,18)(H,17,19). The Morgan fingerprint density at radius 3 is 2.95 bits per heavy atom. The van der Waals surface area contributed by atoms with Crippen molar-refractivity contribution < 1.29 is 9.53 Å². The van der Waals surface area contributed by atoms with Crippen molar-refractivity contribution in [1.29, 1.82) is 0 Å². The number of pyridine rings is 1. The number of carbonyl (C=O) groups excluding carboxylic acids is 1. The van der Waals surface area contributed by atoms with Gasteiger partial charge in [0.25, 0.3) is 5.91 Å². The molecule has 1 heterocycles. The number of methoxy groups -OCH3 is 1. The lowest BCUT2D eigenvalue weighted by Gasteiger charge is -2.12. The number of carbonyl (C=O) groups is 1. The van der Waals surface area contributed by atoms with E-state index in [1.165, 1.54) is 0 Å². The van der Waals surface area contributed by atoms with Crippen molar-refractivity contribution in [2.24, 2.45) is 5.92 Å². The number of nitrogens with zero attached hydrogens (tertiary/aromatic N) is 1. The first kappa shape index (κ1) is 14.3.